The first kappa shape index (κ1) is 40.1. The summed E-state index contributed by atoms with van der Waals surface area (Å²) in [5, 5.41) is 15.1. The summed E-state index contributed by atoms with van der Waals surface area (Å²) < 4.78 is 1.50. The maximum atomic E-state index is 11.6. The standard InChI is InChI=1S/C33H46N2.2C2H6O.Pd/c1-5-8-11-12-13-14-23-31-26(4)32(29-21-15-19-27(24-29)17-9-6-2)35(34)33(31)30-22-16-20-28(25-30)18-10-7-3;2*1-2-3;/h15-16,19-22,24-25H,5-14,17-18,23H2,1-4H3;2*3H,2H2,1H3;. The second-order valence-corrected chi connectivity index (χ2v) is 10.9. The number of benzene rings is 2. The number of unbranched alkanes of at least 4 members (excludes halogenated alkanes) is 7. The molecule has 0 saturated carbocycles. The van der Waals surface area contributed by atoms with Crippen LogP contribution in [0.25, 0.3) is 16.9 Å². The summed E-state index contributed by atoms with van der Waals surface area (Å²) >= 11 is 0. The van der Waals surface area contributed by atoms with Gasteiger partial charge in [-0.05, 0) is 94.7 Å². The zero-order valence-electron chi connectivity index (χ0n) is 27.3. The number of hydrogen-bond acceptors (Lipinski definition) is 2. The SMILES string of the molecule is CCCCCCCCC1=C(c2cccc(CCCC)c2)[N+](=[N-])C(c2cccc(CCCC)c2)=C1C.CCO.CCO.[Pd]. The van der Waals surface area contributed by atoms with Crippen molar-refractivity contribution in [2.75, 3.05) is 13.2 Å². The van der Waals surface area contributed by atoms with Gasteiger partial charge in [0.25, 0.3) is 0 Å². The van der Waals surface area contributed by atoms with Crippen LogP contribution in [0.5, 0.6) is 0 Å². The summed E-state index contributed by atoms with van der Waals surface area (Å²) in [5.74, 6) is 0. The van der Waals surface area contributed by atoms with Gasteiger partial charge in [-0.2, -0.15) is 0 Å². The van der Waals surface area contributed by atoms with E-state index < -0.39 is 0 Å². The summed E-state index contributed by atoms with van der Waals surface area (Å²) in [7, 11) is 0. The molecule has 0 radical (unpaired) electrons. The van der Waals surface area contributed by atoms with Gasteiger partial charge < -0.3 is 15.7 Å². The topological polar surface area (TPSA) is 65.8 Å². The molecular weight excluding hydrogens is 611 g/mol. The van der Waals surface area contributed by atoms with E-state index in [1.54, 1.807) is 13.8 Å². The molecule has 0 amide bonds. The average molecular weight is 669 g/mol. The Morgan fingerprint density at radius 2 is 1.02 bits per heavy atom. The second kappa shape index (κ2) is 24.5. The molecule has 0 unspecified atom stereocenters. The van der Waals surface area contributed by atoms with Crippen LogP contribution >= 0.6 is 0 Å². The number of aliphatic hydroxyl groups is 2. The minimum absolute atomic E-state index is 0. The largest absolute Gasteiger partial charge is 0.493 e. The summed E-state index contributed by atoms with van der Waals surface area (Å²) in [6, 6.07) is 17.6. The van der Waals surface area contributed by atoms with E-state index in [1.807, 2.05) is 0 Å². The van der Waals surface area contributed by atoms with Crippen molar-refractivity contribution in [1.29, 1.82) is 0 Å². The molecular formula is C37H58N2O2Pd. The molecule has 42 heavy (non-hydrogen) atoms. The van der Waals surface area contributed by atoms with Crippen molar-refractivity contribution >= 4 is 11.4 Å². The summed E-state index contributed by atoms with van der Waals surface area (Å²) in [4.78, 5) is 0. The van der Waals surface area contributed by atoms with Crippen molar-refractivity contribution in [2.45, 2.75) is 125 Å². The van der Waals surface area contributed by atoms with Gasteiger partial charge in [0.15, 0.2) is 0 Å². The number of aliphatic hydroxyl groups excluding tert-OH is 2. The van der Waals surface area contributed by atoms with Crippen LogP contribution in [-0.2, 0) is 33.3 Å². The van der Waals surface area contributed by atoms with Gasteiger partial charge in [-0.3, -0.25) is 0 Å². The Labute approximate surface area is 271 Å². The molecule has 0 aliphatic carbocycles. The smallest absolute Gasteiger partial charge is 0.211 e. The van der Waals surface area contributed by atoms with Gasteiger partial charge >= 0.3 is 0 Å². The van der Waals surface area contributed by atoms with Crippen molar-refractivity contribution in [1.82, 2.24) is 0 Å². The average Bonchev–Trinajstić information content (AvgIpc) is 3.22. The number of nitrogens with zero attached hydrogens (tertiary/aromatic N) is 2. The van der Waals surface area contributed by atoms with Crippen LogP contribution in [0.4, 0.5) is 0 Å². The molecule has 1 heterocycles. The normalized spacial score (nSPS) is 12.4. The first-order valence-corrected chi connectivity index (χ1v) is 16.3. The van der Waals surface area contributed by atoms with E-state index >= 15 is 0 Å². The van der Waals surface area contributed by atoms with Crippen molar-refractivity contribution in [2.24, 2.45) is 0 Å². The van der Waals surface area contributed by atoms with Crippen molar-refractivity contribution in [3.05, 3.63) is 87.5 Å². The van der Waals surface area contributed by atoms with Gasteiger partial charge in [0.05, 0.1) is 0 Å². The maximum absolute atomic E-state index is 11.6. The van der Waals surface area contributed by atoms with E-state index in [-0.39, 0.29) is 33.6 Å². The van der Waals surface area contributed by atoms with Crippen LogP contribution in [0.3, 0.4) is 0 Å². The number of aryl methyl sites for hydroxylation is 2. The zero-order chi connectivity index (χ0) is 30.5. The van der Waals surface area contributed by atoms with Gasteiger partial charge in [-0.1, -0.05) is 90.0 Å². The Morgan fingerprint density at radius 1 is 0.595 bits per heavy atom. The van der Waals surface area contributed by atoms with Crippen molar-refractivity contribution in [3.8, 4) is 0 Å². The maximum Gasteiger partial charge on any atom is 0.211 e. The molecule has 2 N–H and O–H groups in total. The van der Waals surface area contributed by atoms with Crippen LogP contribution < -0.4 is 0 Å². The van der Waals surface area contributed by atoms with Crippen LogP contribution in [0.2, 0.25) is 0 Å². The number of hydrogen-bond donors (Lipinski definition) is 2. The van der Waals surface area contributed by atoms with E-state index in [0.29, 0.717) is 0 Å². The van der Waals surface area contributed by atoms with Crippen molar-refractivity contribution in [3.63, 3.8) is 0 Å². The summed E-state index contributed by atoms with van der Waals surface area (Å²) in [6.07, 6.45) is 15.7. The summed E-state index contributed by atoms with van der Waals surface area (Å²) in [6.45, 7) is 12.8. The third-order valence-corrected chi connectivity index (χ3v) is 7.34. The van der Waals surface area contributed by atoms with Gasteiger partial charge in [-0.15, -0.1) is 0 Å². The molecule has 0 spiro atoms. The fourth-order valence-electron chi connectivity index (χ4n) is 5.25. The number of rotatable bonds is 15. The molecule has 0 fully saturated rings. The molecule has 3 rings (SSSR count). The molecule has 238 valence electrons. The van der Waals surface area contributed by atoms with Crippen LogP contribution in [0.1, 0.15) is 134 Å². The molecule has 1 aliphatic heterocycles. The van der Waals surface area contributed by atoms with Gasteiger partial charge in [0.1, 0.15) is 0 Å². The fraction of sp³-hybridized carbons (Fsp3) is 0.568. The first-order chi connectivity index (χ1) is 19.9. The Balaban J connectivity index is 0.00000221. The van der Waals surface area contributed by atoms with E-state index in [1.165, 1.54) is 91.2 Å². The van der Waals surface area contributed by atoms with Crippen LogP contribution in [0.15, 0.2) is 59.7 Å². The predicted molar refractivity (Wildman–Crippen MR) is 177 cm³/mol. The molecule has 0 saturated heterocycles. The molecule has 0 aromatic heterocycles. The molecule has 0 bridgehead atoms. The molecule has 2 aromatic carbocycles. The summed E-state index contributed by atoms with van der Waals surface area (Å²) in [5.41, 5.74) is 21.1. The molecule has 5 heteroatoms. The molecule has 0 atom stereocenters. The van der Waals surface area contributed by atoms with Crippen molar-refractivity contribution < 1.29 is 35.3 Å². The van der Waals surface area contributed by atoms with Crippen LogP contribution in [-0.4, -0.2) is 28.1 Å². The fourth-order valence-corrected chi connectivity index (χ4v) is 5.25. The Morgan fingerprint density at radius 3 is 1.50 bits per heavy atom. The quantitative estimate of drug-likeness (QED) is 0.113. The van der Waals surface area contributed by atoms with E-state index in [4.69, 9.17) is 10.2 Å². The monoisotopic (exact) mass is 668 g/mol. The predicted octanol–water partition coefficient (Wildman–Crippen LogP) is 10.3. The van der Waals surface area contributed by atoms with Gasteiger partial charge in [0, 0.05) is 55.9 Å². The minimum Gasteiger partial charge on any atom is -0.493 e. The third kappa shape index (κ3) is 13.6. The minimum atomic E-state index is 0. The number of allylic oxidation sites excluding steroid dienone is 2. The third-order valence-electron chi connectivity index (χ3n) is 7.34. The first-order valence-electron chi connectivity index (χ1n) is 16.3. The Hall–Kier alpha value is -1.90. The van der Waals surface area contributed by atoms with E-state index in [9.17, 15) is 5.53 Å². The van der Waals surface area contributed by atoms with Gasteiger partial charge in [0.2, 0.25) is 11.4 Å². The van der Waals surface area contributed by atoms with Crippen LogP contribution in [0, 0.1) is 0 Å². The molecule has 4 nitrogen and oxygen atoms in total. The zero-order valence-corrected chi connectivity index (χ0v) is 28.9. The molecule has 1 aliphatic rings. The Bertz CT molecular complexity index is 1090. The van der Waals surface area contributed by atoms with E-state index in [0.717, 1.165) is 41.8 Å². The molecule has 2 aromatic rings. The van der Waals surface area contributed by atoms with E-state index in [2.05, 4.69) is 76.2 Å². The van der Waals surface area contributed by atoms with Gasteiger partial charge in [-0.25, -0.2) is 4.70 Å². The second-order valence-electron chi connectivity index (χ2n) is 10.9. The Kier molecular flexibility index (Phi) is 23.4.